The topological polar surface area (TPSA) is 94.5 Å². The first kappa shape index (κ1) is 12.2. The van der Waals surface area contributed by atoms with Crippen LogP contribution in [0.2, 0.25) is 5.15 Å². The van der Waals surface area contributed by atoms with E-state index in [1.54, 1.807) is 0 Å². The average Bonchev–Trinajstić information content (AvgIpc) is 3.15. The molecular weight excluding hydrogens is 266 g/mol. The number of halogens is 1. The van der Waals surface area contributed by atoms with Crippen molar-refractivity contribution < 1.29 is 0 Å². The molecule has 0 atom stereocenters. The Morgan fingerprint density at radius 1 is 1.47 bits per heavy atom. The minimum atomic E-state index is 0.302. The van der Waals surface area contributed by atoms with Crippen molar-refractivity contribution in [3.05, 3.63) is 23.0 Å². The van der Waals surface area contributed by atoms with Gasteiger partial charge in [0.05, 0.1) is 12.7 Å². The number of rotatable bonds is 4. The van der Waals surface area contributed by atoms with E-state index < -0.39 is 0 Å². The fourth-order valence-corrected chi connectivity index (χ4v) is 2.14. The van der Waals surface area contributed by atoms with Crippen molar-refractivity contribution in [2.24, 2.45) is 0 Å². The van der Waals surface area contributed by atoms with Crippen LogP contribution in [0.1, 0.15) is 30.5 Å². The minimum Gasteiger partial charge on any atom is -0.381 e. The first-order valence-corrected chi connectivity index (χ1v) is 6.45. The summed E-state index contributed by atoms with van der Waals surface area (Å²) in [4.78, 5) is 8.04. The second kappa shape index (κ2) is 4.65. The lowest BCUT2D eigenvalue weighted by Crippen LogP contribution is -2.11. The number of hydrogen-bond acceptors (Lipinski definition) is 6. The summed E-state index contributed by atoms with van der Waals surface area (Å²) in [6.07, 6.45) is 3.79. The molecule has 0 radical (unpaired) electrons. The molecule has 7 nitrogen and oxygen atoms in total. The van der Waals surface area contributed by atoms with E-state index in [9.17, 15) is 0 Å². The number of aryl methyl sites for hydroxylation is 1. The van der Waals surface area contributed by atoms with Gasteiger partial charge >= 0.3 is 0 Å². The van der Waals surface area contributed by atoms with Gasteiger partial charge < -0.3 is 15.6 Å². The van der Waals surface area contributed by atoms with Gasteiger partial charge in [0.15, 0.2) is 17.5 Å². The van der Waals surface area contributed by atoms with Crippen LogP contribution in [-0.2, 0) is 6.54 Å². The van der Waals surface area contributed by atoms with Gasteiger partial charge in [0.2, 0.25) is 0 Å². The van der Waals surface area contributed by atoms with Gasteiger partial charge in [0.1, 0.15) is 11.0 Å². The molecular formula is C11H14ClN7. The van der Waals surface area contributed by atoms with E-state index in [4.69, 9.17) is 17.3 Å². The predicted octanol–water partition coefficient (Wildman–Crippen LogP) is 1.56. The molecule has 0 saturated heterocycles. The first-order valence-electron chi connectivity index (χ1n) is 6.07. The second-order valence-corrected chi connectivity index (χ2v) is 4.93. The highest BCUT2D eigenvalue weighted by Crippen LogP contribution is 2.36. The van der Waals surface area contributed by atoms with Gasteiger partial charge in [0, 0.05) is 6.04 Å². The summed E-state index contributed by atoms with van der Waals surface area (Å²) in [6.45, 7) is 2.46. The molecule has 0 amide bonds. The molecule has 0 spiro atoms. The normalized spacial score (nSPS) is 14.6. The fraction of sp³-hybridized carbons (Fsp3) is 0.455. The number of nitrogens with two attached hydrogens (primary N) is 1. The summed E-state index contributed by atoms with van der Waals surface area (Å²) in [6, 6.07) is 0.537. The number of aromatic nitrogens is 5. The van der Waals surface area contributed by atoms with Gasteiger partial charge in [-0.2, -0.15) is 0 Å². The Balaban J connectivity index is 1.77. The molecule has 3 rings (SSSR count). The van der Waals surface area contributed by atoms with Gasteiger partial charge in [0.25, 0.3) is 0 Å². The van der Waals surface area contributed by atoms with Gasteiger partial charge in [-0.25, -0.2) is 9.97 Å². The van der Waals surface area contributed by atoms with Crippen molar-refractivity contribution >= 4 is 23.2 Å². The van der Waals surface area contributed by atoms with Crippen LogP contribution in [-0.4, -0.2) is 24.7 Å². The third kappa shape index (κ3) is 2.46. The number of nitrogens with one attached hydrogen (secondary N) is 1. The Bertz CT molecular complexity index is 605. The van der Waals surface area contributed by atoms with E-state index in [0.29, 0.717) is 29.4 Å². The summed E-state index contributed by atoms with van der Waals surface area (Å²) in [5.41, 5.74) is 5.73. The predicted molar refractivity (Wildman–Crippen MR) is 71.8 cm³/mol. The Labute approximate surface area is 115 Å². The SMILES string of the molecule is Cc1nnc(CNc2nc(Cl)cnc2N)n1C1CC1. The molecule has 0 aromatic carbocycles. The molecule has 100 valence electrons. The van der Waals surface area contributed by atoms with Gasteiger partial charge in [-0.05, 0) is 19.8 Å². The molecule has 19 heavy (non-hydrogen) atoms. The molecule has 0 aliphatic heterocycles. The highest BCUT2D eigenvalue weighted by atomic mass is 35.5. The van der Waals surface area contributed by atoms with Crippen LogP contribution in [0.3, 0.4) is 0 Å². The van der Waals surface area contributed by atoms with E-state index in [2.05, 4.69) is 30.0 Å². The van der Waals surface area contributed by atoms with E-state index in [0.717, 1.165) is 11.6 Å². The lowest BCUT2D eigenvalue weighted by Gasteiger charge is -2.09. The Kier molecular flexibility index (Phi) is 2.98. The molecule has 8 heteroatoms. The molecule has 1 aliphatic carbocycles. The first-order chi connectivity index (χ1) is 9.15. The highest BCUT2D eigenvalue weighted by molar-refractivity contribution is 6.29. The smallest absolute Gasteiger partial charge is 0.170 e. The number of nitrogens with zero attached hydrogens (tertiary/aromatic N) is 5. The van der Waals surface area contributed by atoms with Crippen molar-refractivity contribution in [3.8, 4) is 0 Å². The standard InChI is InChI=1S/C11H14ClN7/c1-6-17-18-9(19(6)7-2-3-7)5-15-11-10(13)14-4-8(12)16-11/h4,7H,2-3,5H2,1H3,(H2,13,14)(H,15,16). The van der Waals surface area contributed by atoms with E-state index in [1.165, 1.54) is 19.0 Å². The Morgan fingerprint density at radius 3 is 3.00 bits per heavy atom. The van der Waals surface area contributed by atoms with E-state index in [-0.39, 0.29) is 0 Å². The summed E-state index contributed by atoms with van der Waals surface area (Å²) < 4.78 is 2.15. The fourth-order valence-electron chi connectivity index (χ4n) is 2.01. The van der Waals surface area contributed by atoms with Crippen LogP contribution >= 0.6 is 11.6 Å². The average molecular weight is 280 g/mol. The highest BCUT2D eigenvalue weighted by Gasteiger charge is 2.28. The third-order valence-corrected chi connectivity index (χ3v) is 3.22. The maximum Gasteiger partial charge on any atom is 0.170 e. The molecule has 2 aromatic heterocycles. The Hall–Kier alpha value is -1.89. The lowest BCUT2D eigenvalue weighted by atomic mass is 10.4. The zero-order valence-electron chi connectivity index (χ0n) is 10.5. The maximum atomic E-state index is 5.79. The van der Waals surface area contributed by atoms with E-state index >= 15 is 0 Å². The maximum absolute atomic E-state index is 5.79. The molecule has 2 heterocycles. The van der Waals surface area contributed by atoms with Crippen molar-refractivity contribution in [2.45, 2.75) is 32.4 Å². The zero-order chi connectivity index (χ0) is 13.4. The van der Waals surface area contributed by atoms with Crippen molar-refractivity contribution in [1.29, 1.82) is 0 Å². The molecule has 1 saturated carbocycles. The third-order valence-electron chi connectivity index (χ3n) is 3.03. The molecule has 0 unspecified atom stereocenters. The van der Waals surface area contributed by atoms with Crippen LogP contribution in [0.4, 0.5) is 11.6 Å². The summed E-state index contributed by atoms with van der Waals surface area (Å²) in [7, 11) is 0. The van der Waals surface area contributed by atoms with Gasteiger partial charge in [-0.15, -0.1) is 10.2 Å². The van der Waals surface area contributed by atoms with Gasteiger partial charge in [-0.1, -0.05) is 11.6 Å². The van der Waals surface area contributed by atoms with Crippen molar-refractivity contribution in [3.63, 3.8) is 0 Å². The minimum absolute atomic E-state index is 0.302. The van der Waals surface area contributed by atoms with Crippen LogP contribution in [0, 0.1) is 6.92 Å². The molecule has 1 aliphatic rings. The largest absolute Gasteiger partial charge is 0.381 e. The molecule has 0 bridgehead atoms. The van der Waals surface area contributed by atoms with E-state index in [1.807, 2.05) is 6.92 Å². The second-order valence-electron chi connectivity index (χ2n) is 4.54. The lowest BCUT2D eigenvalue weighted by molar-refractivity contribution is 0.669. The molecule has 2 aromatic rings. The monoisotopic (exact) mass is 279 g/mol. The summed E-state index contributed by atoms with van der Waals surface area (Å²) >= 11 is 5.79. The van der Waals surface area contributed by atoms with Crippen LogP contribution < -0.4 is 11.1 Å². The molecule has 1 fully saturated rings. The van der Waals surface area contributed by atoms with Crippen LogP contribution in [0.5, 0.6) is 0 Å². The number of hydrogen-bond donors (Lipinski definition) is 2. The number of nitrogen functional groups attached to an aromatic ring is 1. The van der Waals surface area contributed by atoms with Gasteiger partial charge in [-0.3, -0.25) is 0 Å². The quantitative estimate of drug-likeness (QED) is 0.882. The zero-order valence-corrected chi connectivity index (χ0v) is 11.2. The van der Waals surface area contributed by atoms with Crippen molar-refractivity contribution in [2.75, 3.05) is 11.1 Å². The number of anilines is 2. The molecule has 3 N–H and O–H groups in total. The van der Waals surface area contributed by atoms with Crippen LogP contribution in [0.15, 0.2) is 6.20 Å². The van der Waals surface area contributed by atoms with Crippen molar-refractivity contribution in [1.82, 2.24) is 24.7 Å². The summed E-state index contributed by atoms with van der Waals surface area (Å²) in [5, 5.41) is 11.7. The summed E-state index contributed by atoms with van der Waals surface area (Å²) in [5.74, 6) is 2.60. The van der Waals surface area contributed by atoms with Crippen LogP contribution in [0.25, 0.3) is 0 Å². The Morgan fingerprint density at radius 2 is 2.26 bits per heavy atom.